The molecule has 0 atom stereocenters. The van der Waals surface area contributed by atoms with E-state index in [0.29, 0.717) is 6.42 Å². The van der Waals surface area contributed by atoms with Gasteiger partial charge < -0.3 is 15.0 Å². The van der Waals surface area contributed by atoms with Crippen LogP contribution in [-0.4, -0.2) is 37.2 Å². The van der Waals surface area contributed by atoms with Gasteiger partial charge in [0.2, 0.25) is 5.91 Å². The van der Waals surface area contributed by atoms with Gasteiger partial charge in [0, 0.05) is 18.8 Å². The maximum atomic E-state index is 12.5. The maximum absolute atomic E-state index is 12.5. The summed E-state index contributed by atoms with van der Waals surface area (Å²) in [6.07, 6.45) is 3.95. The molecule has 1 N–H and O–H groups in total. The molecule has 1 saturated heterocycles. The number of morpholine rings is 1. The Bertz CT molecular complexity index is 1020. The lowest BCUT2D eigenvalue weighted by Crippen LogP contribution is -2.36. The summed E-state index contributed by atoms with van der Waals surface area (Å²) in [4.78, 5) is 19.5. The number of anilines is 2. The quantitative estimate of drug-likeness (QED) is 0.733. The highest BCUT2D eigenvalue weighted by Gasteiger charge is 2.16. The van der Waals surface area contributed by atoms with Crippen LogP contribution in [0.1, 0.15) is 23.1 Å². The summed E-state index contributed by atoms with van der Waals surface area (Å²) < 4.78 is 6.51. The fourth-order valence-electron chi connectivity index (χ4n) is 4.01. The first-order chi connectivity index (χ1) is 13.7. The molecule has 144 valence electrons. The van der Waals surface area contributed by atoms with E-state index < -0.39 is 0 Å². The van der Waals surface area contributed by atoms with Crippen LogP contribution in [0.2, 0.25) is 0 Å². The zero-order chi connectivity index (χ0) is 18.9. The van der Waals surface area contributed by atoms with Crippen molar-refractivity contribution < 1.29 is 9.53 Å². The van der Waals surface area contributed by atoms with Gasteiger partial charge in [-0.1, -0.05) is 29.5 Å². The molecule has 0 saturated carbocycles. The molecule has 2 heterocycles. The zero-order valence-electron chi connectivity index (χ0n) is 15.7. The smallest absolute Gasteiger partial charge is 0.228 e. The molecular weight excluding hydrogens is 370 g/mol. The van der Waals surface area contributed by atoms with Crippen molar-refractivity contribution in [3.63, 3.8) is 0 Å². The van der Waals surface area contributed by atoms with E-state index in [0.717, 1.165) is 59.3 Å². The normalized spacial score (nSPS) is 16.4. The first-order valence-corrected chi connectivity index (χ1v) is 10.7. The Balaban J connectivity index is 1.28. The van der Waals surface area contributed by atoms with E-state index in [1.807, 2.05) is 18.2 Å². The summed E-state index contributed by atoms with van der Waals surface area (Å²) in [6, 6.07) is 12.4. The number of amides is 1. The lowest BCUT2D eigenvalue weighted by Gasteiger charge is -2.25. The monoisotopic (exact) mass is 393 g/mol. The minimum atomic E-state index is 0.0233. The van der Waals surface area contributed by atoms with Gasteiger partial charge in [-0.15, -0.1) is 0 Å². The van der Waals surface area contributed by atoms with Gasteiger partial charge in [-0.05, 0) is 54.2 Å². The van der Waals surface area contributed by atoms with Crippen molar-refractivity contribution in [3.8, 4) is 0 Å². The number of fused-ring (bicyclic) bond motifs is 2. The topological polar surface area (TPSA) is 54.5 Å². The van der Waals surface area contributed by atoms with Crippen LogP contribution in [0.4, 0.5) is 10.8 Å². The van der Waals surface area contributed by atoms with Crippen molar-refractivity contribution in [2.24, 2.45) is 0 Å². The molecule has 1 aliphatic carbocycles. The van der Waals surface area contributed by atoms with Crippen LogP contribution >= 0.6 is 11.3 Å². The average Bonchev–Trinajstić information content (AvgIpc) is 3.34. The van der Waals surface area contributed by atoms with Crippen LogP contribution in [0, 0.1) is 0 Å². The summed E-state index contributed by atoms with van der Waals surface area (Å²) in [6.45, 7) is 3.26. The molecule has 5 nitrogen and oxygen atoms in total. The second-order valence-corrected chi connectivity index (χ2v) is 8.47. The second-order valence-electron chi connectivity index (χ2n) is 7.46. The third-order valence-corrected chi connectivity index (χ3v) is 6.55. The van der Waals surface area contributed by atoms with Gasteiger partial charge in [0.05, 0.1) is 29.9 Å². The van der Waals surface area contributed by atoms with E-state index in [2.05, 4.69) is 28.4 Å². The molecule has 1 aliphatic heterocycles. The number of benzene rings is 2. The summed E-state index contributed by atoms with van der Waals surface area (Å²) in [5.41, 5.74) is 5.74. The first kappa shape index (κ1) is 17.6. The molecule has 5 rings (SSSR count). The zero-order valence-corrected chi connectivity index (χ0v) is 16.6. The van der Waals surface area contributed by atoms with Gasteiger partial charge >= 0.3 is 0 Å². The average molecular weight is 394 g/mol. The van der Waals surface area contributed by atoms with Crippen LogP contribution in [0.15, 0.2) is 36.4 Å². The highest BCUT2D eigenvalue weighted by atomic mass is 32.1. The fourth-order valence-corrected chi connectivity index (χ4v) is 5.06. The van der Waals surface area contributed by atoms with E-state index in [-0.39, 0.29) is 5.91 Å². The van der Waals surface area contributed by atoms with E-state index in [1.54, 1.807) is 11.3 Å². The lowest BCUT2D eigenvalue weighted by atomic mass is 10.0. The van der Waals surface area contributed by atoms with Crippen LogP contribution < -0.4 is 10.2 Å². The molecule has 3 aromatic rings. The maximum Gasteiger partial charge on any atom is 0.228 e. The summed E-state index contributed by atoms with van der Waals surface area (Å²) in [5.74, 6) is 0.0233. The number of nitrogens with zero attached hydrogens (tertiary/aromatic N) is 2. The highest BCUT2D eigenvalue weighted by Crippen LogP contribution is 2.31. The van der Waals surface area contributed by atoms with Gasteiger partial charge in [0.25, 0.3) is 0 Å². The van der Waals surface area contributed by atoms with Gasteiger partial charge in [0.15, 0.2) is 5.13 Å². The highest BCUT2D eigenvalue weighted by molar-refractivity contribution is 7.22. The SMILES string of the molecule is O=C(Cc1ccc2c(c1)CCC2)Nc1ccc2nc(N3CCOCC3)sc2c1. The largest absolute Gasteiger partial charge is 0.378 e. The number of thiazole rings is 1. The lowest BCUT2D eigenvalue weighted by molar-refractivity contribution is -0.115. The van der Waals surface area contributed by atoms with Gasteiger partial charge in [0.1, 0.15) is 0 Å². The summed E-state index contributed by atoms with van der Waals surface area (Å²) >= 11 is 1.67. The van der Waals surface area contributed by atoms with Gasteiger partial charge in [-0.25, -0.2) is 4.98 Å². The molecule has 0 radical (unpaired) electrons. The molecule has 0 spiro atoms. The predicted molar refractivity (Wildman–Crippen MR) is 113 cm³/mol. The number of ether oxygens (including phenoxy) is 1. The molecule has 28 heavy (non-hydrogen) atoms. The van der Waals surface area contributed by atoms with Gasteiger partial charge in [-0.3, -0.25) is 4.79 Å². The molecule has 1 fully saturated rings. The number of carbonyl (C=O) groups is 1. The van der Waals surface area contributed by atoms with Crippen molar-refractivity contribution in [3.05, 3.63) is 53.1 Å². The minimum Gasteiger partial charge on any atom is -0.378 e. The Kier molecular flexibility index (Phi) is 4.74. The van der Waals surface area contributed by atoms with Crippen molar-refractivity contribution >= 4 is 38.3 Å². The Morgan fingerprint density at radius 3 is 2.86 bits per heavy atom. The van der Waals surface area contributed by atoms with Crippen molar-refractivity contribution in [1.82, 2.24) is 4.98 Å². The predicted octanol–water partition coefficient (Wildman–Crippen LogP) is 3.80. The molecular formula is C22H23N3O2S. The Morgan fingerprint density at radius 2 is 1.96 bits per heavy atom. The summed E-state index contributed by atoms with van der Waals surface area (Å²) in [5, 5.41) is 4.07. The van der Waals surface area contributed by atoms with Crippen molar-refractivity contribution in [1.29, 1.82) is 0 Å². The van der Waals surface area contributed by atoms with Crippen molar-refractivity contribution in [2.45, 2.75) is 25.7 Å². The summed E-state index contributed by atoms with van der Waals surface area (Å²) in [7, 11) is 0. The molecule has 6 heteroatoms. The third-order valence-electron chi connectivity index (χ3n) is 5.47. The van der Waals surface area contributed by atoms with Crippen LogP contribution in [0.25, 0.3) is 10.2 Å². The Hall–Kier alpha value is -2.44. The standard InChI is InChI=1S/C22H23N3O2S/c26-21(13-15-4-5-16-2-1-3-17(16)12-15)23-18-6-7-19-20(14-18)28-22(24-19)25-8-10-27-11-9-25/h4-7,12,14H,1-3,8-11,13H2,(H,23,26). The number of hydrogen-bond donors (Lipinski definition) is 1. The van der Waals surface area contributed by atoms with E-state index >= 15 is 0 Å². The van der Waals surface area contributed by atoms with Crippen molar-refractivity contribution in [2.75, 3.05) is 36.5 Å². The van der Waals surface area contributed by atoms with Crippen LogP contribution in [0.3, 0.4) is 0 Å². The second kappa shape index (κ2) is 7.53. The van der Waals surface area contributed by atoms with Crippen LogP contribution in [0.5, 0.6) is 0 Å². The Labute approximate surface area is 168 Å². The van der Waals surface area contributed by atoms with E-state index in [9.17, 15) is 4.79 Å². The molecule has 2 aliphatic rings. The number of nitrogens with one attached hydrogen (secondary N) is 1. The van der Waals surface area contributed by atoms with Crippen LogP contribution in [-0.2, 0) is 28.8 Å². The minimum absolute atomic E-state index is 0.0233. The number of aryl methyl sites for hydroxylation is 2. The number of aromatic nitrogens is 1. The molecule has 1 aromatic heterocycles. The Morgan fingerprint density at radius 1 is 1.11 bits per heavy atom. The van der Waals surface area contributed by atoms with E-state index in [1.165, 1.54) is 24.0 Å². The molecule has 0 bridgehead atoms. The first-order valence-electron chi connectivity index (χ1n) is 9.88. The number of rotatable bonds is 4. The molecule has 1 amide bonds. The van der Waals surface area contributed by atoms with Gasteiger partial charge in [-0.2, -0.15) is 0 Å². The molecule has 2 aromatic carbocycles. The van der Waals surface area contributed by atoms with E-state index in [4.69, 9.17) is 9.72 Å². The number of carbonyl (C=O) groups excluding carboxylic acids is 1. The fraction of sp³-hybridized carbons (Fsp3) is 0.364. The number of hydrogen-bond acceptors (Lipinski definition) is 5. The molecule has 0 unspecified atom stereocenters. The third kappa shape index (κ3) is 3.62.